The molecular formula is C22H29N3O3. The molecule has 1 N–H and O–H groups in total. The zero-order chi connectivity index (χ0) is 20.1. The topological polar surface area (TPSA) is 75.3 Å². The summed E-state index contributed by atoms with van der Waals surface area (Å²) in [6.07, 6.45) is 8.83. The van der Waals surface area contributed by atoms with E-state index in [1.807, 2.05) is 24.8 Å². The van der Waals surface area contributed by atoms with E-state index in [9.17, 15) is 9.59 Å². The molecule has 28 heavy (non-hydrogen) atoms. The van der Waals surface area contributed by atoms with E-state index in [-0.39, 0.29) is 17.9 Å². The maximum atomic E-state index is 13.3. The van der Waals surface area contributed by atoms with Crippen LogP contribution in [0, 0.1) is 13.8 Å². The van der Waals surface area contributed by atoms with Crippen LogP contribution >= 0.6 is 0 Å². The molecule has 0 unspecified atom stereocenters. The van der Waals surface area contributed by atoms with Crippen LogP contribution in [0.4, 0.5) is 0 Å². The fourth-order valence-electron chi connectivity index (χ4n) is 4.02. The SMILES string of the molecule is CCOC(=O)c1[nH]c(C)c(CN(C(=O)c2cccnc2)C2CCCCC2)c1C. The van der Waals surface area contributed by atoms with Crippen LogP contribution in [0.25, 0.3) is 0 Å². The molecule has 0 aromatic carbocycles. The summed E-state index contributed by atoms with van der Waals surface area (Å²) in [5.74, 6) is -0.352. The van der Waals surface area contributed by atoms with Crippen LogP contribution in [0.3, 0.4) is 0 Å². The monoisotopic (exact) mass is 383 g/mol. The number of ether oxygens (including phenoxy) is 1. The van der Waals surface area contributed by atoms with E-state index >= 15 is 0 Å². The van der Waals surface area contributed by atoms with Crippen LogP contribution in [0.15, 0.2) is 24.5 Å². The van der Waals surface area contributed by atoms with Crippen LogP contribution in [-0.2, 0) is 11.3 Å². The van der Waals surface area contributed by atoms with Crippen molar-refractivity contribution in [3.63, 3.8) is 0 Å². The first kappa shape index (κ1) is 20.1. The number of amides is 1. The number of rotatable bonds is 6. The first-order valence-corrected chi connectivity index (χ1v) is 10.1. The number of H-pyrrole nitrogens is 1. The van der Waals surface area contributed by atoms with Crippen molar-refractivity contribution in [1.82, 2.24) is 14.9 Å². The molecule has 150 valence electrons. The Balaban J connectivity index is 1.91. The molecule has 2 heterocycles. The lowest BCUT2D eigenvalue weighted by Crippen LogP contribution is -2.41. The van der Waals surface area contributed by atoms with Crippen molar-refractivity contribution in [3.05, 3.63) is 52.6 Å². The summed E-state index contributed by atoms with van der Waals surface area (Å²) >= 11 is 0. The number of hydrogen-bond donors (Lipinski definition) is 1. The molecule has 0 atom stereocenters. The zero-order valence-corrected chi connectivity index (χ0v) is 17.0. The van der Waals surface area contributed by atoms with Gasteiger partial charge in [-0.3, -0.25) is 9.78 Å². The number of hydrogen-bond acceptors (Lipinski definition) is 4. The molecule has 0 saturated heterocycles. The van der Waals surface area contributed by atoms with E-state index in [0.29, 0.717) is 24.4 Å². The first-order chi connectivity index (χ1) is 13.5. The summed E-state index contributed by atoms with van der Waals surface area (Å²) in [5, 5.41) is 0. The fourth-order valence-corrected chi connectivity index (χ4v) is 4.02. The molecule has 2 aromatic heterocycles. The lowest BCUT2D eigenvalue weighted by atomic mass is 9.93. The van der Waals surface area contributed by atoms with Gasteiger partial charge in [-0.15, -0.1) is 0 Å². The first-order valence-electron chi connectivity index (χ1n) is 10.1. The maximum Gasteiger partial charge on any atom is 0.355 e. The quantitative estimate of drug-likeness (QED) is 0.760. The molecule has 0 radical (unpaired) electrons. The van der Waals surface area contributed by atoms with Crippen molar-refractivity contribution in [2.75, 3.05) is 6.61 Å². The van der Waals surface area contributed by atoms with Gasteiger partial charge < -0.3 is 14.6 Å². The zero-order valence-electron chi connectivity index (χ0n) is 17.0. The molecule has 1 saturated carbocycles. The minimum Gasteiger partial charge on any atom is -0.461 e. The molecule has 1 amide bonds. The van der Waals surface area contributed by atoms with Gasteiger partial charge in [-0.2, -0.15) is 0 Å². The lowest BCUT2D eigenvalue weighted by Gasteiger charge is -2.34. The van der Waals surface area contributed by atoms with Gasteiger partial charge in [0.2, 0.25) is 0 Å². The molecule has 6 heteroatoms. The summed E-state index contributed by atoms with van der Waals surface area (Å²) in [4.78, 5) is 34.8. The van der Waals surface area contributed by atoms with Gasteiger partial charge in [0, 0.05) is 30.7 Å². The second kappa shape index (κ2) is 9.04. The average molecular weight is 383 g/mol. The highest BCUT2D eigenvalue weighted by Gasteiger charge is 2.29. The molecule has 1 fully saturated rings. The van der Waals surface area contributed by atoms with E-state index in [1.54, 1.807) is 25.4 Å². The number of carbonyl (C=O) groups excluding carboxylic acids is 2. The lowest BCUT2D eigenvalue weighted by molar-refractivity contribution is 0.0519. The number of aryl methyl sites for hydroxylation is 1. The number of nitrogens with zero attached hydrogens (tertiary/aromatic N) is 2. The molecular weight excluding hydrogens is 354 g/mol. The Morgan fingerprint density at radius 2 is 2.00 bits per heavy atom. The highest BCUT2D eigenvalue weighted by molar-refractivity contribution is 5.94. The Kier molecular flexibility index (Phi) is 6.49. The molecule has 0 aliphatic heterocycles. The summed E-state index contributed by atoms with van der Waals surface area (Å²) in [5.41, 5.74) is 3.83. The van der Waals surface area contributed by atoms with Gasteiger partial charge in [0.15, 0.2) is 0 Å². The number of pyridine rings is 1. The Morgan fingerprint density at radius 1 is 1.25 bits per heavy atom. The normalized spacial score (nSPS) is 14.7. The highest BCUT2D eigenvalue weighted by Crippen LogP contribution is 2.28. The smallest absolute Gasteiger partial charge is 0.355 e. The largest absolute Gasteiger partial charge is 0.461 e. The number of aromatic nitrogens is 2. The van der Waals surface area contributed by atoms with Crippen LogP contribution in [0.2, 0.25) is 0 Å². The summed E-state index contributed by atoms with van der Waals surface area (Å²) in [6, 6.07) is 3.81. The van der Waals surface area contributed by atoms with Crippen LogP contribution in [0.1, 0.15) is 76.7 Å². The van der Waals surface area contributed by atoms with Crippen molar-refractivity contribution < 1.29 is 14.3 Å². The molecule has 1 aliphatic rings. The predicted octanol–water partition coefficient (Wildman–Crippen LogP) is 4.18. The standard InChI is InChI=1S/C22H29N3O3/c1-4-28-22(27)20-15(2)19(16(3)24-20)14-25(18-10-6-5-7-11-18)21(26)17-9-8-12-23-13-17/h8-9,12-13,18,24H,4-7,10-11,14H2,1-3H3. The van der Waals surface area contributed by atoms with Crippen molar-refractivity contribution in [3.8, 4) is 0 Å². The van der Waals surface area contributed by atoms with E-state index < -0.39 is 0 Å². The third kappa shape index (κ3) is 4.26. The van der Waals surface area contributed by atoms with Gasteiger partial charge >= 0.3 is 5.97 Å². The Hall–Kier alpha value is -2.63. The summed E-state index contributed by atoms with van der Waals surface area (Å²) in [6.45, 7) is 6.46. The third-order valence-electron chi connectivity index (χ3n) is 5.59. The van der Waals surface area contributed by atoms with Gasteiger partial charge in [0.25, 0.3) is 5.91 Å². The Labute approximate surface area is 166 Å². The molecule has 3 rings (SSSR count). The second-order valence-corrected chi connectivity index (χ2v) is 7.42. The van der Waals surface area contributed by atoms with E-state index in [0.717, 1.165) is 42.5 Å². The molecule has 1 aliphatic carbocycles. The third-order valence-corrected chi connectivity index (χ3v) is 5.59. The number of esters is 1. The van der Waals surface area contributed by atoms with Crippen molar-refractivity contribution >= 4 is 11.9 Å². The number of carbonyl (C=O) groups is 2. The van der Waals surface area contributed by atoms with E-state index in [1.165, 1.54) is 6.42 Å². The Morgan fingerprint density at radius 3 is 2.64 bits per heavy atom. The minimum atomic E-state index is -0.350. The Bertz CT molecular complexity index is 823. The molecule has 2 aromatic rings. The van der Waals surface area contributed by atoms with Gasteiger partial charge in [-0.05, 0) is 56.9 Å². The predicted molar refractivity (Wildman–Crippen MR) is 107 cm³/mol. The van der Waals surface area contributed by atoms with Gasteiger partial charge in [0.1, 0.15) is 5.69 Å². The number of aromatic amines is 1. The van der Waals surface area contributed by atoms with Crippen molar-refractivity contribution in [2.24, 2.45) is 0 Å². The second-order valence-electron chi connectivity index (χ2n) is 7.42. The summed E-state index contributed by atoms with van der Waals surface area (Å²) in [7, 11) is 0. The van der Waals surface area contributed by atoms with Crippen LogP contribution in [-0.4, -0.2) is 39.4 Å². The van der Waals surface area contributed by atoms with Crippen molar-refractivity contribution in [1.29, 1.82) is 0 Å². The average Bonchev–Trinajstić information content (AvgIpc) is 3.01. The van der Waals surface area contributed by atoms with Gasteiger partial charge in [0.05, 0.1) is 12.2 Å². The van der Waals surface area contributed by atoms with Gasteiger partial charge in [-0.1, -0.05) is 19.3 Å². The summed E-state index contributed by atoms with van der Waals surface area (Å²) < 4.78 is 5.16. The van der Waals surface area contributed by atoms with Gasteiger partial charge in [-0.25, -0.2) is 4.79 Å². The molecule has 0 spiro atoms. The minimum absolute atomic E-state index is 0.00214. The van der Waals surface area contributed by atoms with Crippen LogP contribution in [0.5, 0.6) is 0 Å². The number of nitrogens with one attached hydrogen (secondary N) is 1. The highest BCUT2D eigenvalue weighted by atomic mass is 16.5. The van der Waals surface area contributed by atoms with E-state index in [4.69, 9.17) is 4.74 Å². The van der Waals surface area contributed by atoms with E-state index in [2.05, 4.69) is 9.97 Å². The molecule has 6 nitrogen and oxygen atoms in total. The van der Waals surface area contributed by atoms with Crippen molar-refractivity contribution in [2.45, 2.75) is 65.5 Å². The maximum absolute atomic E-state index is 13.3. The fraction of sp³-hybridized carbons (Fsp3) is 0.500. The van der Waals surface area contributed by atoms with Crippen LogP contribution < -0.4 is 0 Å². The molecule has 0 bridgehead atoms.